The maximum atomic E-state index is 3.34. The van der Waals surface area contributed by atoms with E-state index in [1.165, 1.54) is 0 Å². The van der Waals surface area contributed by atoms with Crippen molar-refractivity contribution in [3.8, 4) is 34.1 Å². The summed E-state index contributed by atoms with van der Waals surface area (Å²) in [7, 11) is 0. The van der Waals surface area contributed by atoms with Crippen LogP contribution in [0.15, 0.2) is 114 Å². The molecule has 136 valence electrons. The molecule has 0 aromatic heterocycles. The van der Waals surface area contributed by atoms with Crippen LogP contribution in [0.3, 0.4) is 0 Å². The molecule has 0 nitrogen and oxygen atoms in total. The largest absolute Gasteiger partial charge is 0.0622 e. The van der Waals surface area contributed by atoms with E-state index < -0.39 is 0 Å². The normalized spacial score (nSPS) is 9.66. The van der Waals surface area contributed by atoms with Crippen LogP contribution < -0.4 is 0 Å². The van der Waals surface area contributed by atoms with Crippen molar-refractivity contribution in [3.05, 3.63) is 126 Å². The lowest BCUT2D eigenvalue weighted by Crippen LogP contribution is -1.87. The van der Waals surface area contributed by atoms with Gasteiger partial charge in [-0.05, 0) is 64.5 Å². The van der Waals surface area contributed by atoms with E-state index in [1.54, 1.807) is 11.8 Å². The van der Waals surface area contributed by atoms with Crippen molar-refractivity contribution in [1.29, 1.82) is 0 Å². The van der Waals surface area contributed by atoms with Gasteiger partial charge in [-0.3, -0.25) is 0 Å². The molecule has 0 heterocycles. The molecule has 1 heteroatoms. The van der Waals surface area contributed by atoms with Crippen molar-refractivity contribution in [2.75, 3.05) is 0 Å². The molecule has 0 atom stereocenters. The highest BCUT2D eigenvalue weighted by molar-refractivity contribution is 8.04. The lowest BCUT2D eigenvalue weighted by atomic mass is 9.99. The average molecular weight is 387 g/mol. The third-order valence-corrected chi connectivity index (χ3v) is 5.13. The first-order valence-electron chi connectivity index (χ1n) is 9.38. The summed E-state index contributed by atoms with van der Waals surface area (Å²) in [5, 5.41) is 3.24. The molecule has 0 spiro atoms. The highest BCUT2D eigenvalue weighted by atomic mass is 32.2. The van der Waals surface area contributed by atoms with Crippen LogP contribution in [0.4, 0.5) is 0 Å². The highest BCUT2D eigenvalue weighted by Gasteiger charge is 2.08. The van der Waals surface area contributed by atoms with Gasteiger partial charge in [0, 0.05) is 21.6 Å². The summed E-state index contributed by atoms with van der Waals surface area (Å²) in [4.78, 5) is 1.13. The molecule has 0 aliphatic heterocycles. The Bertz CT molecular complexity index is 1220. The Morgan fingerprint density at radius 1 is 0.448 bits per heavy atom. The Kier molecular flexibility index (Phi) is 6.14. The van der Waals surface area contributed by atoms with Crippen LogP contribution in [0.25, 0.3) is 11.1 Å². The Labute approximate surface area is 176 Å². The van der Waals surface area contributed by atoms with Crippen molar-refractivity contribution < 1.29 is 0 Å². The molecule has 0 fully saturated rings. The quantitative estimate of drug-likeness (QED) is 0.268. The second-order valence-corrected chi connectivity index (χ2v) is 7.20. The van der Waals surface area contributed by atoms with Crippen molar-refractivity contribution in [2.45, 2.75) is 4.90 Å². The van der Waals surface area contributed by atoms with Gasteiger partial charge in [0.25, 0.3) is 0 Å². The molecule has 0 unspecified atom stereocenters. The van der Waals surface area contributed by atoms with Crippen molar-refractivity contribution in [3.63, 3.8) is 0 Å². The summed E-state index contributed by atoms with van der Waals surface area (Å²) in [6.07, 6.45) is 0. The third kappa shape index (κ3) is 4.99. The molecule has 29 heavy (non-hydrogen) atoms. The fourth-order valence-electron chi connectivity index (χ4n) is 2.93. The topological polar surface area (TPSA) is 0 Å². The standard InChI is InChI=1S/C28H18S/c1-3-11-23(12-4-1)19-20-25-15-7-8-16-26(25)27-17-9-10-18-28(27)29-22-21-24-13-5-2-6-14-24/h1-18H. The van der Waals surface area contributed by atoms with E-state index >= 15 is 0 Å². The highest BCUT2D eigenvalue weighted by Crippen LogP contribution is 2.32. The predicted molar refractivity (Wildman–Crippen MR) is 123 cm³/mol. The second kappa shape index (κ2) is 9.52. The zero-order valence-corrected chi connectivity index (χ0v) is 16.6. The van der Waals surface area contributed by atoms with Crippen molar-refractivity contribution >= 4 is 11.8 Å². The molecule has 0 saturated carbocycles. The molecule has 0 radical (unpaired) electrons. The first-order chi connectivity index (χ1) is 14.4. The first-order valence-corrected chi connectivity index (χ1v) is 10.2. The van der Waals surface area contributed by atoms with Crippen molar-refractivity contribution in [1.82, 2.24) is 0 Å². The third-order valence-electron chi connectivity index (χ3n) is 4.35. The molecule has 0 aliphatic rings. The Morgan fingerprint density at radius 2 is 1.00 bits per heavy atom. The van der Waals surface area contributed by atoms with Crippen LogP contribution in [0.1, 0.15) is 16.7 Å². The van der Waals surface area contributed by atoms with Crippen LogP contribution in [0, 0.1) is 23.0 Å². The fourth-order valence-corrected chi connectivity index (χ4v) is 3.64. The van der Waals surface area contributed by atoms with E-state index in [9.17, 15) is 0 Å². The average Bonchev–Trinajstić information content (AvgIpc) is 2.80. The molecule has 4 aromatic rings. The minimum Gasteiger partial charge on any atom is -0.0622 e. The molecule has 0 aliphatic carbocycles. The van der Waals surface area contributed by atoms with Gasteiger partial charge in [0.15, 0.2) is 0 Å². The Morgan fingerprint density at radius 3 is 1.72 bits per heavy atom. The summed E-state index contributed by atoms with van der Waals surface area (Å²) in [5.41, 5.74) is 5.32. The smallest absolute Gasteiger partial charge is 0.0327 e. The number of benzene rings is 4. The van der Waals surface area contributed by atoms with Gasteiger partial charge in [0.2, 0.25) is 0 Å². The van der Waals surface area contributed by atoms with E-state index in [0.717, 1.165) is 32.7 Å². The SMILES string of the molecule is C(#Cc1ccccc1)Sc1ccccc1-c1ccccc1C#Cc1ccccc1. The van der Waals surface area contributed by atoms with Gasteiger partial charge in [0.1, 0.15) is 0 Å². The summed E-state index contributed by atoms with van der Waals surface area (Å²) < 4.78 is 0. The van der Waals surface area contributed by atoms with Crippen LogP contribution >= 0.6 is 11.8 Å². The van der Waals surface area contributed by atoms with Crippen LogP contribution in [-0.2, 0) is 0 Å². The number of rotatable bonds is 2. The van der Waals surface area contributed by atoms with E-state index in [1.807, 2.05) is 72.8 Å². The van der Waals surface area contributed by atoms with Gasteiger partial charge in [-0.2, -0.15) is 0 Å². The summed E-state index contributed by atoms with van der Waals surface area (Å²) in [6, 6.07) is 36.8. The lowest BCUT2D eigenvalue weighted by molar-refractivity contribution is 1.44. The van der Waals surface area contributed by atoms with Crippen LogP contribution in [0.2, 0.25) is 0 Å². The van der Waals surface area contributed by atoms with E-state index in [0.29, 0.717) is 0 Å². The predicted octanol–water partition coefficient (Wildman–Crippen LogP) is 6.85. The fraction of sp³-hybridized carbons (Fsp3) is 0. The van der Waals surface area contributed by atoms with Crippen molar-refractivity contribution in [2.24, 2.45) is 0 Å². The molecule has 4 aromatic carbocycles. The van der Waals surface area contributed by atoms with Crippen LogP contribution in [0.5, 0.6) is 0 Å². The maximum Gasteiger partial charge on any atom is 0.0327 e. The maximum absolute atomic E-state index is 3.34. The van der Waals surface area contributed by atoms with Crippen LogP contribution in [-0.4, -0.2) is 0 Å². The van der Waals surface area contributed by atoms with E-state index in [4.69, 9.17) is 0 Å². The number of hydrogen-bond acceptors (Lipinski definition) is 1. The molecular weight excluding hydrogens is 368 g/mol. The van der Waals surface area contributed by atoms with E-state index in [2.05, 4.69) is 59.4 Å². The summed E-state index contributed by atoms with van der Waals surface area (Å²) >= 11 is 1.55. The number of thioether (sulfide) groups is 1. The molecule has 4 rings (SSSR count). The van der Waals surface area contributed by atoms with Gasteiger partial charge < -0.3 is 0 Å². The lowest BCUT2D eigenvalue weighted by Gasteiger charge is -2.09. The van der Waals surface area contributed by atoms with Gasteiger partial charge >= 0.3 is 0 Å². The molecule has 0 saturated heterocycles. The monoisotopic (exact) mass is 386 g/mol. The molecule has 0 N–H and O–H groups in total. The molecule has 0 bridgehead atoms. The summed E-state index contributed by atoms with van der Waals surface area (Å²) in [6.45, 7) is 0. The zero-order valence-electron chi connectivity index (χ0n) is 15.8. The van der Waals surface area contributed by atoms with Gasteiger partial charge in [-0.25, -0.2) is 0 Å². The summed E-state index contributed by atoms with van der Waals surface area (Å²) in [5.74, 6) is 9.83. The molecule has 0 amide bonds. The minimum atomic E-state index is 1.01. The van der Waals surface area contributed by atoms with Gasteiger partial charge in [0.05, 0.1) is 0 Å². The first kappa shape index (κ1) is 18.7. The number of hydrogen-bond donors (Lipinski definition) is 0. The van der Waals surface area contributed by atoms with Gasteiger partial charge in [-0.1, -0.05) is 90.6 Å². The zero-order chi connectivity index (χ0) is 19.7. The minimum absolute atomic E-state index is 1.01. The molecular formula is C28H18S. The van der Waals surface area contributed by atoms with E-state index in [-0.39, 0.29) is 0 Å². The Hall–Kier alpha value is -3.65. The van der Waals surface area contributed by atoms with Gasteiger partial charge in [-0.15, -0.1) is 0 Å². The second-order valence-electron chi connectivity index (χ2n) is 6.35. The Balaban J connectivity index is 1.67.